The highest BCUT2D eigenvalue weighted by atomic mass is 35.5. The number of nitrogens with zero attached hydrogens (tertiary/aromatic N) is 2. The van der Waals surface area contributed by atoms with Crippen LogP contribution in [0.4, 0.5) is 5.69 Å². The van der Waals surface area contributed by atoms with Crippen molar-refractivity contribution in [3.8, 4) is 0 Å². The van der Waals surface area contributed by atoms with Crippen LogP contribution < -0.4 is 0 Å². The fourth-order valence-corrected chi connectivity index (χ4v) is 4.61. The third kappa shape index (κ3) is 3.84. The van der Waals surface area contributed by atoms with Crippen LogP contribution in [0.25, 0.3) is 0 Å². The number of thiophene rings is 1. The Labute approximate surface area is 149 Å². The molecule has 0 aliphatic rings. The number of hydrogen-bond acceptors (Lipinski definition) is 5. The summed E-state index contributed by atoms with van der Waals surface area (Å²) in [6.45, 7) is 5.29. The van der Waals surface area contributed by atoms with Crippen molar-refractivity contribution in [2.45, 2.75) is 18.4 Å². The molecule has 24 heavy (non-hydrogen) atoms. The summed E-state index contributed by atoms with van der Waals surface area (Å²) in [5, 5.41) is 13.0. The van der Waals surface area contributed by atoms with Crippen LogP contribution in [0.2, 0.25) is 5.02 Å². The number of nitro groups is 1. The van der Waals surface area contributed by atoms with Crippen LogP contribution in [0.5, 0.6) is 0 Å². The zero-order valence-electron chi connectivity index (χ0n) is 12.8. The van der Waals surface area contributed by atoms with E-state index in [0.29, 0.717) is 0 Å². The summed E-state index contributed by atoms with van der Waals surface area (Å²) in [5.74, 6) is 0. The van der Waals surface area contributed by atoms with E-state index in [1.807, 2.05) is 17.5 Å². The summed E-state index contributed by atoms with van der Waals surface area (Å²) in [6.07, 6.45) is 1.47. The van der Waals surface area contributed by atoms with Crippen molar-refractivity contribution < 1.29 is 13.3 Å². The van der Waals surface area contributed by atoms with Gasteiger partial charge in [0.05, 0.1) is 14.8 Å². The number of nitro benzene ring substituents is 1. The minimum absolute atomic E-state index is 0.0393. The topological polar surface area (TPSA) is 80.5 Å². The maximum Gasteiger partial charge on any atom is 0.275 e. The lowest BCUT2D eigenvalue weighted by Gasteiger charge is -2.20. The molecule has 6 nitrogen and oxygen atoms in total. The zero-order chi connectivity index (χ0) is 17.9. The van der Waals surface area contributed by atoms with E-state index >= 15 is 0 Å². The quantitative estimate of drug-likeness (QED) is 0.409. The highest BCUT2D eigenvalue weighted by molar-refractivity contribution is 7.89. The fraction of sp³-hybridized carbons (Fsp3) is 0.200. The summed E-state index contributed by atoms with van der Waals surface area (Å²) < 4.78 is 27.0. The lowest BCUT2D eigenvalue weighted by Crippen LogP contribution is -2.30. The van der Waals surface area contributed by atoms with Crippen LogP contribution in [0.15, 0.2) is 47.2 Å². The van der Waals surface area contributed by atoms with Crippen molar-refractivity contribution in [1.82, 2.24) is 4.31 Å². The van der Waals surface area contributed by atoms with Gasteiger partial charge in [-0.3, -0.25) is 10.1 Å². The van der Waals surface area contributed by atoms with E-state index in [9.17, 15) is 18.5 Å². The Morgan fingerprint density at radius 1 is 1.46 bits per heavy atom. The van der Waals surface area contributed by atoms with Gasteiger partial charge in [0.2, 0.25) is 10.0 Å². The molecule has 0 aliphatic carbocycles. The number of benzene rings is 1. The van der Waals surface area contributed by atoms with Crippen molar-refractivity contribution in [3.05, 3.63) is 67.9 Å². The third-order valence-electron chi connectivity index (χ3n) is 3.37. The first-order chi connectivity index (χ1) is 11.3. The molecule has 0 aliphatic heterocycles. The number of hydrogen-bond donors (Lipinski definition) is 0. The van der Waals surface area contributed by atoms with E-state index in [0.717, 1.165) is 10.9 Å². The van der Waals surface area contributed by atoms with Crippen LogP contribution in [0, 0.1) is 17.0 Å². The standard InChI is InChI=1S/C15H15ClN2O4S2/c1-3-6-17(10-12-5-4-7-23-12)24(21,22)13-8-14(16)11(2)15(9-13)18(19)20/h3-5,7-9H,1,6,10H2,2H3. The van der Waals surface area contributed by atoms with E-state index in [2.05, 4.69) is 6.58 Å². The first kappa shape index (κ1) is 18.6. The molecule has 1 aromatic heterocycles. The Bertz CT molecular complexity index is 864. The minimum Gasteiger partial charge on any atom is -0.258 e. The fourth-order valence-electron chi connectivity index (χ4n) is 2.10. The molecule has 128 valence electrons. The molecule has 0 N–H and O–H groups in total. The molecule has 0 unspecified atom stereocenters. The first-order valence-electron chi connectivity index (χ1n) is 6.85. The summed E-state index contributed by atoms with van der Waals surface area (Å²) in [6, 6.07) is 5.93. The SMILES string of the molecule is C=CCN(Cc1cccs1)S(=O)(=O)c1cc(Cl)c(C)c([N+](=O)[O-])c1. The smallest absolute Gasteiger partial charge is 0.258 e. The van der Waals surface area contributed by atoms with Crippen molar-refractivity contribution in [3.63, 3.8) is 0 Å². The Morgan fingerprint density at radius 3 is 2.71 bits per heavy atom. The molecule has 1 heterocycles. The van der Waals surface area contributed by atoms with Crippen LogP contribution in [0.3, 0.4) is 0 Å². The molecule has 0 fully saturated rings. The molecule has 0 spiro atoms. The Kier molecular flexibility index (Phi) is 5.76. The molecule has 2 rings (SSSR count). The van der Waals surface area contributed by atoms with Gasteiger partial charge in [-0.05, 0) is 24.4 Å². The second-order valence-corrected chi connectivity index (χ2v) is 8.35. The summed E-state index contributed by atoms with van der Waals surface area (Å²) in [4.78, 5) is 11.1. The normalized spacial score (nSPS) is 11.6. The van der Waals surface area contributed by atoms with E-state index in [4.69, 9.17) is 11.6 Å². The van der Waals surface area contributed by atoms with E-state index in [1.54, 1.807) is 0 Å². The van der Waals surface area contributed by atoms with Gasteiger partial charge < -0.3 is 0 Å². The van der Waals surface area contributed by atoms with Gasteiger partial charge in [-0.25, -0.2) is 8.42 Å². The largest absolute Gasteiger partial charge is 0.275 e. The third-order valence-corrected chi connectivity index (χ3v) is 6.41. The summed E-state index contributed by atoms with van der Waals surface area (Å²) in [5.41, 5.74) is -0.0927. The second kappa shape index (κ2) is 7.43. The van der Waals surface area contributed by atoms with Gasteiger partial charge >= 0.3 is 0 Å². The number of rotatable bonds is 7. The molecule has 2 aromatic rings. The minimum atomic E-state index is -3.95. The average molecular weight is 387 g/mol. The number of sulfonamides is 1. The lowest BCUT2D eigenvalue weighted by atomic mass is 10.2. The van der Waals surface area contributed by atoms with Gasteiger partial charge in [0, 0.05) is 29.6 Å². The highest BCUT2D eigenvalue weighted by Crippen LogP contribution is 2.31. The first-order valence-corrected chi connectivity index (χ1v) is 9.55. The summed E-state index contributed by atoms with van der Waals surface area (Å²) in [7, 11) is -3.95. The predicted molar refractivity (Wildman–Crippen MR) is 95.0 cm³/mol. The molecular formula is C15H15ClN2O4S2. The van der Waals surface area contributed by atoms with E-state index in [-0.39, 0.29) is 34.3 Å². The van der Waals surface area contributed by atoms with Gasteiger partial charge in [-0.15, -0.1) is 17.9 Å². The second-order valence-electron chi connectivity index (χ2n) is 4.97. The predicted octanol–water partition coefficient (Wildman–Crippen LogP) is 4.00. The Balaban J connectivity index is 2.50. The van der Waals surface area contributed by atoms with Crippen LogP contribution in [-0.4, -0.2) is 24.2 Å². The molecule has 1 aromatic carbocycles. The monoisotopic (exact) mass is 386 g/mol. The van der Waals surface area contributed by atoms with Crippen molar-refractivity contribution in [1.29, 1.82) is 0 Å². The van der Waals surface area contributed by atoms with E-state index < -0.39 is 14.9 Å². The van der Waals surface area contributed by atoms with Gasteiger partial charge in [0.15, 0.2) is 0 Å². The molecule has 0 atom stereocenters. The highest BCUT2D eigenvalue weighted by Gasteiger charge is 2.28. The number of halogens is 1. The van der Waals surface area contributed by atoms with Crippen LogP contribution in [0.1, 0.15) is 10.4 Å². The van der Waals surface area contributed by atoms with Gasteiger partial charge in [-0.1, -0.05) is 23.7 Å². The maximum absolute atomic E-state index is 12.9. The zero-order valence-corrected chi connectivity index (χ0v) is 15.2. The summed E-state index contributed by atoms with van der Waals surface area (Å²) >= 11 is 7.42. The average Bonchev–Trinajstić information content (AvgIpc) is 3.02. The molecule has 0 saturated heterocycles. The molecule has 0 amide bonds. The molecule has 0 bridgehead atoms. The molecule has 0 radical (unpaired) electrons. The van der Waals surface area contributed by atoms with Gasteiger partial charge in [-0.2, -0.15) is 4.31 Å². The van der Waals surface area contributed by atoms with Crippen LogP contribution in [-0.2, 0) is 16.6 Å². The lowest BCUT2D eigenvalue weighted by molar-refractivity contribution is -0.385. The maximum atomic E-state index is 12.9. The van der Waals surface area contributed by atoms with Gasteiger partial charge in [0.1, 0.15) is 0 Å². The molecule has 0 saturated carbocycles. The van der Waals surface area contributed by atoms with Crippen LogP contribution >= 0.6 is 22.9 Å². The Hall–Kier alpha value is -1.74. The molecular weight excluding hydrogens is 372 g/mol. The van der Waals surface area contributed by atoms with E-state index in [1.165, 1.54) is 34.7 Å². The van der Waals surface area contributed by atoms with Crippen molar-refractivity contribution in [2.75, 3.05) is 6.54 Å². The Morgan fingerprint density at radius 2 is 2.17 bits per heavy atom. The van der Waals surface area contributed by atoms with Gasteiger partial charge in [0.25, 0.3) is 5.69 Å². The van der Waals surface area contributed by atoms with Crippen molar-refractivity contribution in [2.24, 2.45) is 0 Å². The molecule has 9 heteroatoms. The van der Waals surface area contributed by atoms with Crippen molar-refractivity contribution >= 4 is 38.6 Å².